The lowest BCUT2D eigenvalue weighted by molar-refractivity contribution is -0.138. The summed E-state index contributed by atoms with van der Waals surface area (Å²) in [4.78, 5) is 10.4. The van der Waals surface area contributed by atoms with E-state index in [2.05, 4.69) is 0 Å². The normalized spacial score (nSPS) is 28.8. The maximum Gasteiger partial charge on any atom is 0.343 e. The zero-order valence-corrected chi connectivity index (χ0v) is 9.00. The maximum absolute atomic E-state index is 11.0. The molecule has 0 aromatic carbocycles. The quantitative estimate of drug-likeness (QED) is 0.511. The highest BCUT2D eigenvalue weighted by molar-refractivity contribution is 6.58. The fourth-order valence-electron chi connectivity index (χ4n) is 1.13. The van der Waals surface area contributed by atoms with Crippen molar-refractivity contribution in [2.24, 2.45) is 5.92 Å². The van der Waals surface area contributed by atoms with Crippen LogP contribution in [0.15, 0.2) is 0 Å². The lowest BCUT2D eigenvalue weighted by Gasteiger charge is -2.27. The standard InChI is InChI=1S/C7H9Cl3O2/c1-6(2,8)4-3-12-5(11)7(4,9)10/h4H,3H2,1-2H3. The van der Waals surface area contributed by atoms with Gasteiger partial charge in [0.15, 0.2) is 0 Å². The molecule has 1 aliphatic heterocycles. The lowest BCUT2D eigenvalue weighted by atomic mass is 9.93. The molecule has 0 radical (unpaired) electrons. The third-order valence-electron chi connectivity index (χ3n) is 1.92. The summed E-state index contributed by atoms with van der Waals surface area (Å²) in [6, 6.07) is 0. The summed E-state index contributed by atoms with van der Waals surface area (Å²) in [6.45, 7) is 3.68. The Morgan fingerprint density at radius 1 is 1.58 bits per heavy atom. The van der Waals surface area contributed by atoms with Gasteiger partial charge in [0, 0.05) is 4.87 Å². The molecule has 1 rings (SSSR count). The monoisotopic (exact) mass is 230 g/mol. The lowest BCUT2D eigenvalue weighted by Crippen LogP contribution is -2.39. The molecular weight excluding hydrogens is 222 g/mol. The summed E-state index contributed by atoms with van der Waals surface area (Å²) < 4.78 is 3.23. The molecule has 1 atom stereocenters. The molecule has 0 aromatic heterocycles. The first-order valence-corrected chi connectivity index (χ1v) is 4.63. The van der Waals surface area contributed by atoms with Crippen molar-refractivity contribution in [2.75, 3.05) is 6.61 Å². The van der Waals surface area contributed by atoms with E-state index in [-0.39, 0.29) is 12.5 Å². The predicted octanol–water partition coefficient (Wildman–Crippen LogP) is 2.35. The number of esters is 1. The first-order chi connectivity index (χ1) is 5.26. The van der Waals surface area contributed by atoms with Crippen molar-refractivity contribution in [3.8, 4) is 0 Å². The molecule has 0 aliphatic carbocycles. The topological polar surface area (TPSA) is 26.3 Å². The number of ether oxygens (including phenoxy) is 1. The molecule has 1 saturated heterocycles. The maximum atomic E-state index is 11.0. The van der Waals surface area contributed by atoms with Crippen LogP contribution >= 0.6 is 34.8 Å². The summed E-state index contributed by atoms with van der Waals surface area (Å²) in [5.74, 6) is -0.980. The second kappa shape index (κ2) is 2.93. The molecule has 1 aliphatic rings. The van der Waals surface area contributed by atoms with Crippen molar-refractivity contribution >= 4 is 40.8 Å². The van der Waals surface area contributed by atoms with Gasteiger partial charge in [-0.25, -0.2) is 4.79 Å². The Labute approximate surface area is 86.1 Å². The predicted molar refractivity (Wildman–Crippen MR) is 48.8 cm³/mol. The Balaban J connectivity index is 2.89. The minimum absolute atomic E-state index is 0.183. The van der Waals surface area contributed by atoms with E-state index in [9.17, 15) is 4.79 Å². The Morgan fingerprint density at radius 2 is 2.08 bits per heavy atom. The van der Waals surface area contributed by atoms with Gasteiger partial charge in [0.25, 0.3) is 0 Å². The molecule has 1 fully saturated rings. The summed E-state index contributed by atoms with van der Waals surface area (Å²) in [6.07, 6.45) is 0. The second-order valence-corrected chi connectivity index (χ2v) is 5.70. The Hall–Kier alpha value is 0.340. The van der Waals surface area contributed by atoms with E-state index in [0.717, 1.165) is 0 Å². The molecule has 0 bridgehead atoms. The van der Waals surface area contributed by atoms with Gasteiger partial charge in [0.05, 0.1) is 12.5 Å². The van der Waals surface area contributed by atoms with E-state index in [1.165, 1.54) is 0 Å². The summed E-state index contributed by atoms with van der Waals surface area (Å²) in [7, 11) is 0. The number of carbonyl (C=O) groups is 1. The molecule has 70 valence electrons. The molecule has 12 heavy (non-hydrogen) atoms. The van der Waals surface area contributed by atoms with Crippen LogP contribution in [0, 0.1) is 5.92 Å². The number of halogens is 3. The van der Waals surface area contributed by atoms with Crippen LogP contribution in [0.5, 0.6) is 0 Å². The van der Waals surface area contributed by atoms with Crippen LogP contribution in [0.3, 0.4) is 0 Å². The van der Waals surface area contributed by atoms with E-state index >= 15 is 0 Å². The van der Waals surface area contributed by atoms with E-state index < -0.39 is 15.2 Å². The van der Waals surface area contributed by atoms with Crippen molar-refractivity contribution in [2.45, 2.75) is 23.1 Å². The zero-order chi connectivity index (χ0) is 9.57. The SMILES string of the molecule is CC(C)(Cl)C1COC(=O)C1(Cl)Cl. The summed E-state index contributed by atoms with van der Waals surface area (Å²) >= 11 is 17.5. The second-order valence-electron chi connectivity index (χ2n) is 3.34. The molecule has 0 aromatic rings. The fourth-order valence-corrected chi connectivity index (χ4v) is 2.25. The van der Waals surface area contributed by atoms with Gasteiger partial charge < -0.3 is 4.74 Å². The van der Waals surface area contributed by atoms with Crippen LogP contribution < -0.4 is 0 Å². The average molecular weight is 232 g/mol. The van der Waals surface area contributed by atoms with Gasteiger partial charge in [-0.3, -0.25) is 0 Å². The van der Waals surface area contributed by atoms with Crippen molar-refractivity contribution in [3.63, 3.8) is 0 Å². The number of rotatable bonds is 1. The van der Waals surface area contributed by atoms with Crippen LogP contribution in [0.1, 0.15) is 13.8 Å². The number of alkyl halides is 3. The molecule has 0 N–H and O–H groups in total. The number of carbonyl (C=O) groups excluding carboxylic acids is 1. The number of cyclic esters (lactones) is 1. The smallest absolute Gasteiger partial charge is 0.343 e. The minimum atomic E-state index is -1.49. The van der Waals surface area contributed by atoms with Crippen LogP contribution in [0.4, 0.5) is 0 Å². The first kappa shape index (κ1) is 10.4. The summed E-state index contributed by atoms with van der Waals surface area (Å²) in [5, 5.41) is 0. The van der Waals surface area contributed by atoms with Gasteiger partial charge >= 0.3 is 5.97 Å². The van der Waals surface area contributed by atoms with Crippen LogP contribution in [-0.4, -0.2) is 21.8 Å². The molecule has 0 spiro atoms. The van der Waals surface area contributed by atoms with Gasteiger partial charge in [-0.2, -0.15) is 0 Å². The van der Waals surface area contributed by atoms with Crippen molar-refractivity contribution < 1.29 is 9.53 Å². The van der Waals surface area contributed by atoms with Crippen molar-refractivity contribution in [1.29, 1.82) is 0 Å². The van der Waals surface area contributed by atoms with E-state index in [0.29, 0.717) is 0 Å². The minimum Gasteiger partial charge on any atom is -0.463 e. The highest BCUT2D eigenvalue weighted by Gasteiger charge is 2.55. The van der Waals surface area contributed by atoms with Gasteiger partial charge in [-0.15, -0.1) is 11.6 Å². The molecular formula is C7H9Cl3O2. The fraction of sp³-hybridized carbons (Fsp3) is 0.857. The molecule has 1 unspecified atom stereocenters. The highest BCUT2D eigenvalue weighted by atomic mass is 35.5. The molecule has 0 amide bonds. The Bertz CT molecular complexity index is 207. The van der Waals surface area contributed by atoms with Crippen molar-refractivity contribution in [1.82, 2.24) is 0 Å². The van der Waals surface area contributed by atoms with E-state index in [1.54, 1.807) is 13.8 Å². The largest absolute Gasteiger partial charge is 0.463 e. The van der Waals surface area contributed by atoms with Gasteiger partial charge in [0.1, 0.15) is 0 Å². The van der Waals surface area contributed by atoms with Gasteiger partial charge in [0.2, 0.25) is 4.33 Å². The Kier molecular flexibility index (Phi) is 2.54. The highest BCUT2D eigenvalue weighted by Crippen LogP contribution is 2.45. The van der Waals surface area contributed by atoms with Crippen LogP contribution in [0.25, 0.3) is 0 Å². The van der Waals surface area contributed by atoms with Crippen LogP contribution in [-0.2, 0) is 9.53 Å². The number of hydrogen-bond donors (Lipinski definition) is 0. The molecule has 1 heterocycles. The third kappa shape index (κ3) is 1.66. The van der Waals surface area contributed by atoms with Gasteiger partial charge in [-0.05, 0) is 13.8 Å². The Morgan fingerprint density at radius 3 is 2.25 bits per heavy atom. The van der Waals surface area contributed by atoms with Crippen LogP contribution in [0.2, 0.25) is 0 Å². The third-order valence-corrected chi connectivity index (χ3v) is 3.02. The summed E-state index contributed by atoms with van der Waals surface area (Å²) in [5.41, 5.74) is 0. The van der Waals surface area contributed by atoms with E-state index in [1.807, 2.05) is 0 Å². The number of hydrogen-bond acceptors (Lipinski definition) is 2. The first-order valence-electron chi connectivity index (χ1n) is 3.50. The molecule has 2 nitrogen and oxygen atoms in total. The van der Waals surface area contributed by atoms with Crippen molar-refractivity contribution in [3.05, 3.63) is 0 Å². The average Bonchev–Trinajstić information content (AvgIpc) is 2.06. The molecule has 0 saturated carbocycles. The van der Waals surface area contributed by atoms with Gasteiger partial charge in [-0.1, -0.05) is 23.2 Å². The zero-order valence-electron chi connectivity index (χ0n) is 6.73. The molecule has 5 heteroatoms. The van der Waals surface area contributed by atoms with E-state index in [4.69, 9.17) is 39.5 Å².